The summed E-state index contributed by atoms with van der Waals surface area (Å²) in [5.74, 6) is -0.773. The van der Waals surface area contributed by atoms with Crippen LogP contribution in [0.5, 0.6) is 0 Å². The van der Waals surface area contributed by atoms with Crippen molar-refractivity contribution in [2.24, 2.45) is 11.5 Å². The van der Waals surface area contributed by atoms with Crippen LogP contribution >= 0.6 is 0 Å². The monoisotopic (exact) mass is 318 g/mol. The molecule has 24 heavy (non-hydrogen) atoms. The smallest absolute Gasteiger partial charge is 0.249 e. The van der Waals surface area contributed by atoms with Crippen LogP contribution < -0.4 is 11.5 Å². The van der Waals surface area contributed by atoms with Crippen LogP contribution in [0.25, 0.3) is 11.1 Å². The van der Waals surface area contributed by atoms with E-state index in [1.165, 1.54) is 0 Å². The van der Waals surface area contributed by atoms with Gasteiger partial charge in [0, 0.05) is 11.1 Å². The van der Waals surface area contributed by atoms with E-state index < -0.39 is 5.91 Å². The van der Waals surface area contributed by atoms with Crippen LogP contribution in [0.3, 0.4) is 0 Å². The third-order valence-corrected chi connectivity index (χ3v) is 3.34. The molecular weight excluding hydrogens is 300 g/mol. The Morgan fingerprint density at radius 2 is 1.08 bits per heavy atom. The molecule has 0 spiro atoms. The van der Waals surface area contributed by atoms with Gasteiger partial charge in [-0.05, 0) is 29.3 Å². The number of amides is 2. The molecule has 0 bridgehead atoms. The maximum absolute atomic E-state index is 11.2. The lowest BCUT2D eigenvalue weighted by molar-refractivity contribution is 0.0992. The summed E-state index contributed by atoms with van der Waals surface area (Å²) in [6, 6.07) is 25.8. The molecule has 3 aromatic carbocycles. The van der Waals surface area contributed by atoms with Gasteiger partial charge in [0.2, 0.25) is 11.8 Å². The van der Waals surface area contributed by atoms with Gasteiger partial charge in [-0.3, -0.25) is 9.59 Å². The Balaban J connectivity index is 0.000000198. The summed E-state index contributed by atoms with van der Waals surface area (Å²) < 4.78 is 0. The first-order valence-corrected chi connectivity index (χ1v) is 7.38. The molecule has 4 nitrogen and oxygen atoms in total. The Bertz CT molecular complexity index is 815. The number of hydrogen-bond acceptors (Lipinski definition) is 2. The maximum atomic E-state index is 11.2. The molecule has 2 amide bonds. The average Bonchev–Trinajstić information content (AvgIpc) is 2.63. The highest BCUT2D eigenvalue weighted by atomic mass is 16.1. The second-order valence-corrected chi connectivity index (χ2v) is 5.01. The molecule has 120 valence electrons. The zero-order valence-corrected chi connectivity index (χ0v) is 13.1. The molecule has 0 aromatic heterocycles. The minimum absolute atomic E-state index is 0.379. The van der Waals surface area contributed by atoms with E-state index >= 15 is 0 Å². The molecule has 0 unspecified atom stereocenters. The summed E-state index contributed by atoms with van der Waals surface area (Å²) in [7, 11) is 0. The molecule has 0 aliphatic rings. The van der Waals surface area contributed by atoms with E-state index in [1.54, 1.807) is 30.3 Å². The van der Waals surface area contributed by atoms with Gasteiger partial charge in [0.05, 0.1) is 0 Å². The molecule has 3 rings (SSSR count). The molecule has 0 saturated carbocycles. The Labute approximate surface area is 140 Å². The second-order valence-electron chi connectivity index (χ2n) is 5.01. The molecule has 0 aliphatic carbocycles. The van der Waals surface area contributed by atoms with Gasteiger partial charge >= 0.3 is 0 Å². The zero-order chi connectivity index (χ0) is 17.4. The van der Waals surface area contributed by atoms with E-state index in [0.717, 1.165) is 11.1 Å². The second kappa shape index (κ2) is 8.29. The Kier molecular flexibility index (Phi) is 5.86. The predicted molar refractivity (Wildman–Crippen MR) is 95.4 cm³/mol. The van der Waals surface area contributed by atoms with Crippen molar-refractivity contribution in [1.29, 1.82) is 0 Å². The molecule has 4 heteroatoms. The Hall–Kier alpha value is -3.40. The minimum Gasteiger partial charge on any atom is -0.366 e. The molecule has 3 aromatic rings. The zero-order valence-electron chi connectivity index (χ0n) is 13.1. The Morgan fingerprint density at radius 1 is 0.583 bits per heavy atom. The molecular formula is C20H18N2O2. The summed E-state index contributed by atoms with van der Waals surface area (Å²) in [6.07, 6.45) is 0. The van der Waals surface area contributed by atoms with Gasteiger partial charge in [-0.1, -0.05) is 66.7 Å². The highest BCUT2D eigenvalue weighted by Gasteiger charge is 2.07. The minimum atomic E-state index is -0.394. The van der Waals surface area contributed by atoms with Gasteiger partial charge in [-0.25, -0.2) is 0 Å². The summed E-state index contributed by atoms with van der Waals surface area (Å²) in [6.45, 7) is 0. The van der Waals surface area contributed by atoms with Gasteiger partial charge in [0.15, 0.2) is 0 Å². The number of carbonyl (C=O) groups is 2. The lowest BCUT2D eigenvalue weighted by atomic mass is 9.99. The van der Waals surface area contributed by atoms with E-state index in [4.69, 9.17) is 11.5 Å². The van der Waals surface area contributed by atoms with Gasteiger partial charge < -0.3 is 11.5 Å². The van der Waals surface area contributed by atoms with Gasteiger partial charge in [0.25, 0.3) is 0 Å². The van der Waals surface area contributed by atoms with E-state index in [2.05, 4.69) is 0 Å². The van der Waals surface area contributed by atoms with Gasteiger partial charge in [-0.15, -0.1) is 0 Å². The molecule has 0 aliphatic heterocycles. The first kappa shape index (κ1) is 17.0. The third-order valence-electron chi connectivity index (χ3n) is 3.34. The standard InChI is InChI=1S/C13H11NO.C7H7NO/c14-13(15)12-9-5-4-8-11(12)10-6-2-1-3-7-10;8-7(9)6-4-2-1-3-5-6/h1-9H,(H2,14,15);1-5H,(H2,8,9). The van der Waals surface area contributed by atoms with Crippen molar-refractivity contribution in [1.82, 2.24) is 0 Å². The molecule has 0 fully saturated rings. The summed E-state index contributed by atoms with van der Waals surface area (Å²) in [5.41, 5.74) is 13.3. The van der Waals surface area contributed by atoms with Crippen LogP contribution in [0.4, 0.5) is 0 Å². The number of hydrogen-bond donors (Lipinski definition) is 2. The first-order chi connectivity index (χ1) is 11.6. The number of rotatable bonds is 3. The highest BCUT2D eigenvalue weighted by Crippen LogP contribution is 2.22. The summed E-state index contributed by atoms with van der Waals surface area (Å²) in [4.78, 5) is 21.6. The molecule has 0 radical (unpaired) electrons. The van der Waals surface area contributed by atoms with Crippen LogP contribution in [0, 0.1) is 0 Å². The molecule has 0 heterocycles. The highest BCUT2D eigenvalue weighted by molar-refractivity contribution is 5.99. The van der Waals surface area contributed by atoms with E-state index in [-0.39, 0.29) is 5.91 Å². The maximum Gasteiger partial charge on any atom is 0.249 e. The fourth-order valence-electron chi connectivity index (χ4n) is 2.17. The van der Waals surface area contributed by atoms with Gasteiger partial charge in [-0.2, -0.15) is 0 Å². The number of primary amides is 2. The van der Waals surface area contributed by atoms with Crippen LogP contribution in [-0.2, 0) is 0 Å². The summed E-state index contributed by atoms with van der Waals surface area (Å²) in [5, 5.41) is 0. The predicted octanol–water partition coefficient (Wildman–Crippen LogP) is 3.24. The van der Waals surface area contributed by atoms with Crippen molar-refractivity contribution in [3.63, 3.8) is 0 Å². The first-order valence-electron chi connectivity index (χ1n) is 7.38. The number of nitrogens with two attached hydrogens (primary N) is 2. The van der Waals surface area contributed by atoms with Crippen molar-refractivity contribution in [2.75, 3.05) is 0 Å². The van der Waals surface area contributed by atoms with E-state index in [1.807, 2.05) is 54.6 Å². The van der Waals surface area contributed by atoms with Crippen LogP contribution in [0.1, 0.15) is 20.7 Å². The van der Waals surface area contributed by atoms with Crippen molar-refractivity contribution in [2.45, 2.75) is 0 Å². The third kappa shape index (κ3) is 4.55. The molecule has 0 saturated heterocycles. The molecule has 0 atom stereocenters. The molecule has 4 N–H and O–H groups in total. The topological polar surface area (TPSA) is 86.2 Å². The van der Waals surface area contributed by atoms with Crippen LogP contribution in [0.15, 0.2) is 84.9 Å². The number of benzene rings is 3. The van der Waals surface area contributed by atoms with Crippen LogP contribution in [0.2, 0.25) is 0 Å². The lowest BCUT2D eigenvalue weighted by Gasteiger charge is -2.05. The van der Waals surface area contributed by atoms with E-state index in [9.17, 15) is 9.59 Å². The van der Waals surface area contributed by atoms with Crippen molar-refractivity contribution < 1.29 is 9.59 Å². The number of carbonyl (C=O) groups excluding carboxylic acids is 2. The van der Waals surface area contributed by atoms with Crippen molar-refractivity contribution in [3.8, 4) is 11.1 Å². The Morgan fingerprint density at radius 3 is 1.58 bits per heavy atom. The van der Waals surface area contributed by atoms with Crippen LogP contribution in [-0.4, -0.2) is 11.8 Å². The SMILES string of the molecule is NC(=O)c1ccccc1.NC(=O)c1ccccc1-c1ccccc1. The van der Waals surface area contributed by atoms with Crippen molar-refractivity contribution in [3.05, 3.63) is 96.1 Å². The van der Waals surface area contributed by atoms with Gasteiger partial charge in [0.1, 0.15) is 0 Å². The normalized spacial score (nSPS) is 9.50. The van der Waals surface area contributed by atoms with E-state index in [0.29, 0.717) is 11.1 Å². The fourth-order valence-corrected chi connectivity index (χ4v) is 2.17. The van der Waals surface area contributed by atoms with Crippen molar-refractivity contribution >= 4 is 11.8 Å². The largest absolute Gasteiger partial charge is 0.366 e. The average molecular weight is 318 g/mol. The fraction of sp³-hybridized carbons (Fsp3) is 0. The summed E-state index contributed by atoms with van der Waals surface area (Å²) >= 11 is 0. The lowest BCUT2D eigenvalue weighted by Crippen LogP contribution is -2.12. The quantitative estimate of drug-likeness (QED) is 0.776.